The van der Waals surface area contributed by atoms with Crippen molar-refractivity contribution in [2.24, 2.45) is 5.41 Å². The van der Waals surface area contributed by atoms with Crippen LogP contribution in [0.15, 0.2) is 103 Å². The van der Waals surface area contributed by atoms with E-state index in [-0.39, 0.29) is 37.5 Å². The fraction of sp³-hybridized carbons (Fsp3) is 0.372. The number of phenolic OH excluding ortho intramolecular Hbond substituents is 1. The lowest BCUT2D eigenvalue weighted by Gasteiger charge is -2.35. The van der Waals surface area contributed by atoms with Gasteiger partial charge in [-0.25, -0.2) is 0 Å². The minimum absolute atomic E-state index is 0.0428. The van der Waals surface area contributed by atoms with Crippen molar-refractivity contribution in [2.45, 2.75) is 89.4 Å². The van der Waals surface area contributed by atoms with Gasteiger partial charge in [0.1, 0.15) is 23.6 Å². The predicted octanol–water partition coefficient (Wildman–Crippen LogP) is 3.89. The van der Waals surface area contributed by atoms with E-state index in [1.54, 1.807) is 43.5 Å². The third-order valence-electron chi connectivity index (χ3n) is 9.90. The number of hydrogen-bond acceptors (Lipinski definition) is 8. The van der Waals surface area contributed by atoms with Crippen LogP contribution in [0, 0.1) is 5.41 Å². The molecule has 0 saturated carbocycles. The summed E-state index contributed by atoms with van der Waals surface area (Å²) in [4.78, 5) is 41.7. The summed E-state index contributed by atoms with van der Waals surface area (Å²) in [7, 11) is 1.58. The highest BCUT2D eigenvalue weighted by molar-refractivity contribution is 5.89. The number of rotatable bonds is 16. The third-order valence-corrected chi connectivity index (χ3v) is 9.90. The van der Waals surface area contributed by atoms with Crippen LogP contribution in [0.5, 0.6) is 11.5 Å². The highest BCUT2D eigenvalue weighted by Gasteiger charge is 2.40. The molecule has 286 valence electrons. The molecule has 54 heavy (non-hydrogen) atoms. The number of phenols is 1. The highest BCUT2D eigenvalue weighted by atomic mass is 16.5. The molecule has 11 heteroatoms. The molecule has 0 saturated heterocycles. The van der Waals surface area contributed by atoms with Crippen molar-refractivity contribution in [1.82, 2.24) is 21.3 Å². The summed E-state index contributed by atoms with van der Waals surface area (Å²) in [6, 6.07) is 27.0. The summed E-state index contributed by atoms with van der Waals surface area (Å²) in [5.41, 5.74) is 3.28. The molecule has 1 aliphatic rings. The molecule has 11 nitrogen and oxygen atoms in total. The van der Waals surface area contributed by atoms with Crippen LogP contribution in [0.25, 0.3) is 0 Å². The maximum atomic E-state index is 14.3. The number of aryl methyl sites for hydroxylation is 1. The van der Waals surface area contributed by atoms with Crippen LogP contribution < -0.4 is 26.0 Å². The number of carbonyl (C=O) groups excluding carboxylic acids is 3. The Morgan fingerprint density at radius 3 is 2.19 bits per heavy atom. The number of methoxy groups -OCH3 is 1. The van der Waals surface area contributed by atoms with Crippen molar-refractivity contribution >= 4 is 17.7 Å². The number of nitrogens with one attached hydrogen (secondary N) is 4. The van der Waals surface area contributed by atoms with Crippen LogP contribution in [-0.2, 0) is 40.2 Å². The molecule has 0 heterocycles. The lowest BCUT2D eigenvalue weighted by Crippen LogP contribution is -2.62. The normalized spacial score (nSPS) is 17.4. The maximum absolute atomic E-state index is 14.3. The lowest BCUT2D eigenvalue weighted by molar-refractivity contribution is -0.134. The van der Waals surface area contributed by atoms with Gasteiger partial charge in [0.05, 0.1) is 31.4 Å². The quantitative estimate of drug-likeness (QED) is 0.0910. The number of ether oxygens (including phenoxy) is 1. The van der Waals surface area contributed by atoms with Crippen LogP contribution >= 0.6 is 0 Å². The SMILES string of the molecule is COc1ccc(CN[C@@H](C(=O)NC2c3ccccc3CC2O)[C@@H](O)[C@H](Cc2ccccc2)NC(=O)[C@@H](NC(=O)CCc2ccccc2O)C(C)(C)C)cc1. The van der Waals surface area contributed by atoms with E-state index in [4.69, 9.17) is 4.74 Å². The van der Waals surface area contributed by atoms with Crippen molar-refractivity contribution in [2.75, 3.05) is 7.11 Å². The van der Waals surface area contributed by atoms with Gasteiger partial charge in [0.25, 0.3) is 0 Å². The minimum Gasteiger partial charge on any atom is -0.508 e. The van der Waals surface area contributed by atoms with Gasteiger partial charge < -0.3 is 36.0 Å². The first kappa shape index (κ1) is 40.0. The number of fused-ring (bicyclic) bond motifs is 1. The van der Waals surface area contributed by atoms with Gasteiger partial charge in [0, 0.05) is 19.4 Å². The molecule has 1 aliphatic carbocycles. The molecule has 4 aromatic rings. The Morgan fingerprint density at radius 1 is 0.833 bits per heavy atom. The molecule has 0 aromatic heterocycles. The number of aromatic hydroxyl groups is 1. The van der Waals surface area contributed by atoms with E-state index in [1.807, 2.05) is 87.5 Å². The Kier molecular flexibility index (Phi) is 13.5. The first-order valence-electron chi connectivity index (χ1n) is 18.3. The van der Waals surface area contributed by atoms with Crippen molar-refractivity contribution in [3.05, 3.63) is 131 Å². The smallest absolute Gasteiger partial charge is 0.243 e. The van der Waals surface area contributed by atoms with Gasteiger partial charge in [-0.3, -0.25) is 19.7 Å². The standard InChI is InChI=1S/C43H52N4O7/c1-43(2,3)40(46-36(50)23-20-29-14-9-11-17-34(29)48)42(53)45-33(24-27-12-6-5-7-13-27)39(51)38(44-26-28-18-21-31(54-4)22-19-28)41(52)47-37-32-16-10-8-15-30(32)25-35(37)49/h5-19,21-22,33,35,37-40,44,48-49,51H,20,23-26H2,1-4H3,(H,45,53)(H,46,50)(H,47,52)/t33-,35?,37?,38+,39-,40+/m0/s1. The van der Waals surface area contributed by atoms with Crippen LogP contribution in [-0.4, -0.2) is 70.5 Å². The largest absolute Gasteiger partial charge is 0.508 e. The van der Waals surface area contributed by atoms with Crippen molar-refractivity contribution in [3.63, 3.8) is 0 Å². The molecule has 0 spiro atoms. The second-order valence-corrected chi connectivity index (χ2v) is 15.0. The zero-order valence-corrected chi connectivity index (χ0v) is 31.3. The van der Waals surface area contributed by atoms with E-state index in [1.165, 1.54) is 0 Å². The highest BCUT2D eigenvalue weighted by Crippen LogP contribution is 2.31. The molecule has 0 fully saturated rings. The van der Waals surface area contributed by atoms with Crippen LogP contribution in [0.1, 0.15) is 61.1 Å². The van der Waals surface area contributed by atoms with Crippen molar-refractivity contribution in [3.8, 4) is 11.5 Å². The molecule has 3 amide bonds. The number of aliphatic hydroxyl groups is 2. The molecule has 0 radical (unpaired) electrons. The third kappa shape index (κ3) is 10.5. The van der Waals surface area contributed by atoms with Gasteiger partial charge in [-0.15, -0.1) is 0 Å². The predicted molar refractivity (Wildman–Crippen MR) is 207 cm³/mol. The second kappa shape index (κ2) is 18.2. The topological polar surface area (TPSA) is 169 Å². The van der Waals surface area contributed by atoms with Crippen molar-refractivity contribution in [1.29, 1.82) is 0 Å². The Hall–Kier alpha value is -5.23. The van der Waals surface area contributed by atoms with Gasteiger partial charge in [0.15, 0.2) is 0 Å². The number of benzene rings is 4. The Morgan fingerprint density at radius 2 is 1.50 bits per heavy atom. The number of para-hydroxylation sites is 1. The average molecular weight is 737 g/mol. The fourth-order valence-electron chi connectivity index (χ4n) is 6.83. The molecule has 4 aromatic carbocycles. The monoisotopic (exact) mass is 736 g/mol. The molecule has 6 atom stereocenters. The van der Waals surface area contributed by atoms with E-state index < -0.39 is 53.6 Å². The summed E-state index contributed by atoms with van der Waals surface area (Å²) in [5, 5.41) is 45.4. The summed E-state index contributed by atoms with van der Waals surface area (Å²) in [6.45, 7) is 5.70. The molecule has 0 aliphatic heterocycles. The zero-order chi connectivity index (χ0) is 38.8. The number of carbonyl (C=O) groups is 3. The van der Waals surface area contributed by atoms with Crippen LogP contribution in [0.3, 0.4) is 0 Å². The first-order valence-corrected chi connectivity index (χ1v) is 18.3. The molecule has 7 N–H and O–H groups in total. The van der Waals surface area contributed by atoms with Crippen LogP contribution in [0.2, 0.25) is 0 Å². The van der Waals surface area contributed by atoms with Gasteiger partial charge in [0.2, 0.25) is 17.7 Å². The summed E-state index contributed by atoms with van der Waals surface area (Å²) >= 11 is 0. The number of amides is 3. The first-order chi connectivity index (χ1) is 25.8. The van der Waals surface area contributed by atoms with Crippen molar-refractivity contribution < 1.29 is 34.4 Å². The molecule has 5 rings (SSSR count). The van der Waals surface area contributed by atoms with E-state index in [9.17, 15) is 29.7 Å². The fourth-order valence-corrected chi connectivity index (χ4v) is 6.83. The molecule has 2 unspecified atom stereocenters. The van der Waals surface area contributed by atoms with E-state index >= 15 is 0 Å². The van der Waals surface area contributed by atoms with Gasteiger partial charge in [-0.2, -0.15) is 0 Å². The summed E-state index contributed by atoms with van der Waals surface area (Å²) in [6.07, 6.45) is -1.43. The molecule has 0 bridgehead atoms. The number of aliphatic hydroxyl groups excluding tert-OH is 2. The maximum Gasteiger partial charge on any atom is 0.243 e. The Labute approximate surface area is 317 Å². The van der Waals surface area contributed by atoms with Gasteiger partial charge >= 0.3 is 0 Å². The lowest BCUT2D eigenvalue weighted by atomic mass is 9.85. The Bertz CT molecular complexity index is 1860. The summed E-state index contributed by atoms with van der Waals surface area (Å²) in [5.74, 6) is -0.672. The number of hydrogen-bond donors (Lipinski definition) is 7. The Balaban J connectivity index is 1.40. The second-order valence-electron chi connectivity index (χ2n) is 15.0. The van der Waals surface area contributed by atoms with Gasteiger partial charge in [-0.1, -0.05) is 106 Å². The van der Waals surface area contributed by atoms with E-state index in [0.717, 1.165) is 22.3 Å². The zero-order valence-electron chi connectivity index (χ0n) is 31.3. The summed E-state index contributed by atoms with van der Waals surface area (Å²) < 4.78 is 5.29. The molecular formula is C43H52N4O7. The van der Waals surface area contributed by atoms with Gasteiger partial charge in [-0.05, 0) is 64.3 Å². The van der Waals surface area contributed by atoms with E-state index in [2.05, 4.69) is 21.3 Å². The minimum atomic E-state index is -1.46. The molecular weight excluding hydrogens is 684 g/mol. The van der Waals surface area contributed by atoms with E-state index in [0.29, 0.717) is 17.7 Å². The average Bonchev–Trinajstić information content (AvgIpc) is 3.47. The van der Waals surface area contributed by atoms with Crippen LogP contribution in [0.4, 0.5) is 0 Å².